The molecule has 168 valence electrons. The Labute approximate surface area is 184 Å². The predicted octanol–water partition coefficient (Wildman–Crippen LogP) is 3.87. The van der Waals surface area contributed by atoms with Crippen LogP contribution in [-0.2, 0) is 10.0 Å². The van der Waals surface area contributed by atoms with Gasteiger partial charge in [0.1, 0.15) is 22.8 Å². The molecule has 0 radical (unpaired) electrons. The first-order chi connectivity index (χ1) is 14.7. The van der Waals surface area contributed by atoms with Gasteiger partial charge in [0, 0.05) is 37.0 Å². The molecule has 0 saturated heterocycles. The van der Waals surface area contributed by atoms with Crippen LogP contribution in [0.25, 0.3) is 0 Å². The lowest BCUT2D eigenvalue weighted by Gasteiger charge is -2.38. The lowest BCUT2D eigenvalue weighted by molar-refractivity contribution is 0.245. The summed E-state index contributed by atoms with van der Waals surface area (Å²) in [6.45, 7) is 3.77. The quantitative estimate of drug-likeness (QED) is 0.617. The van der Waals surface area contributed by atoms with Gasteiger partial charge in [-0.1, -0.05) is 25.4 Å². The molecule has 0 bridgehead atoms. The van der Waals surface area contributed by atoms with Crippen LogP contribution in [0.2, 0.25) is 0 Å². The number of urea groups is 1. The first-order valence-corrected chi connectivity index (χ1v) is 11.5. The molecule has 2 aromatic heterocycles. The van der Waals surface area contributed by atoms with E-state index in [1.165, 1.54) is 31.5 Å². The summed E-state index contributed by atoms with van der Waals surface area (Å²) in [5.74, 6) is -0.778. The third-order valence-corrected chi connectivity index (χ3v) is 7.07. The Morgan fingerprint density at radius 3 is 2.68 bits per heavy atom. The number of amides is 2. The monoisotopic (exact) mass is 471 g/mol. The average Bonchev–Trinajstić information content (AvgIpc) is 3.23. The molecule has 0 unspecified atom stereocenters. The van der Waals surface area contributed by atoms with Gasteiger partial charge in [0.05, 0.1) is 5.70 Å². The van der Waals surface area contributed by atoms with Crippen LogP contribution >= 0.6 is 11.6 Å². The van der Waals surface area contributed by atoms with Crippen molar-refractivity contribution in [2.45, 2.75) is 37.0 Å². The first-order valence-electron chi connectivity index (χ1n) is 9.63. The molecular weight excluding hydrogens is 449 g/mol. The average molecular weight is 472 g/mol. The molecule has 2 aromatic rings. The number of carbonyl (C=O) groups is 1. The van der Waals surface area contributed by atoms with Crippen molar-refractivity contribution in [2.75, 3.05) is 16.7 Å². The van der Waals surface area contributed by atoms with Gasteiger partial charge in [0.25, 0.3) is 10.0 Å². The zero-order valence-electron chi connectivity index (χ0n) is 17.2. The number of alkyl halides is 1. The lowest BCUT2D eigenvalue weighted by Crippen LogP contribution is -2.44. The molecule has 2 N–H and O–H groups in total. The minimum Gasteiger partial charge on any atom is -0.363 e. The molecular formula is C19H23ClFN5O4S. The minimum atomic E-state index is -3.98. The van der Waals surface area contributed by atoms with E-state index in [9.17, 15) is 17.6 Å². The fourth-order valence-corrected chi connectivity index (χ4v) is 5.17. The van der Waals surface area contributed by atoms with Crippen molar-refractivity contribution < 1.29 is 22.1 Å². The van der Waals surface area contributed by atoms with Crippen molar-refractivity contribution in [3.05, 3.63) is 42.2 Å². The Morgan fingerprint density at radius 2 is 2.13 bits per heavy atom. The molecule has 31 heavy (non-hydrogen) atoms. The summed E-state index contributed by atoms with van der Waals surface area (Å²) in [5.41, 5.74) is 0.173. The SMILES string of the molecule is CC[C@H]1[C@@H](Cl)CC(F)=C(N(C(=O)NC)c2ccc(S(=O)(=O)Nc3ccon3)cn2)[C@@H]1C. The van der Waals surface area contributed by atoms with Crippen molar-refractivity contribution in [2.24, 2.45) is 11.8 Å². The number of nitrogens with zero attached hydrogens (tertiary/aromatic N) is 3. The maximum Gasteiger partial charge on any atom is 0.327 e. The zero-order chi connectivity index (χ0) is 22.8. The standard InChI is InChI=1S/C19H23ClFN5O4S/c1-4-13-11(2)18(15(21)9-14(13)20)26(19(27)22-3)17-6-5-12(10-23-17)31(28,29)25-16-7-8-30-24-16/h5-8,10-11,13-14H,4,9H2,1-3H3,(H,22,27)(H,24,25)/t11-,13-,14+/m1/s1. The van der Waals surface area contributed by atoms with Gasteiger partial charge in [0.2, 0.25) is 0 Å². The molecule has 0 aromatic carbocycles. The van der Waals surface area contributed by atoms with E-state index in [0.29, 0.717) is 6.42 Å². The smallest absolute Gasteiger partial charge is 0.327 e. The number of hydrogen-bond donors (Lipinski definition) is 2. The number of halogens is 2. The number of aromatic nitrogens is 2. The molecule has 1 aliphatic carbocycles. The molecule has 0 saturated carbocycles. The van der Waals surface area contributed by atoms with Gasteiger partial charge >= 0.3 is 6.03 Å². The number of nitrogens with one attached hydrogen (secondary N) is 2. The summed E-state index contributed by atoms with van der Waals surface area (Å²) in [6, 6.07) is 3.37. The fourth-order valence-electron chi connectivity index (χ4n) is 3.70. The molecule has 2 amide bonds. The van der Waals surface area contributed by atoms with Gasteiger partial charge in [-0.25, -0.2) is 27.5 Å². The molecule has 3 rings (SSSR count). The Morgan fingerprint density at radius 1 is 1.39 bits per heavy atom. The van der Waals surface area contributed by atoms with E-state index in [0.717, 1.165) is 11.1 Å². The van der Waals surface area contributed by atoms with Crippen LogP contribution in [0, 0.1) is 11.8 Å². The van der Waals surface area contributed by atoms with Crippen molar-refractivity contribution in [1.82, 2.24) is 15.5 Å². The van der Waals surface area contributed by atoms with E-state index in [-0.39, 0.29) is 45.9 Å². The summed E-state index contributed by atoms with van der Waals surface area (Å²) in [4.78, 5) is 17.8. The molecule has 1 aliphatic rings. The molecule has 9 nitrogen and oxygen atoms in total. The van der Waals surface area contributed by atoms with Crippen LogP contribution in [0.1, 0.15) is 26.7 Å². The van der Waals surface area contributed by atoms with Gasteiger partial charge in [-0.05, 0) is 18.1 Å². The highest BCUT2D eigenvalue weighted by Gasteiger charge is 2.39. The third-order valence-electron chi connectivity index (χ3n) is 5.26. The van der Waals surface area contributed by atoms with Gasteiger partial charge in [-0.3, -0.25) is 4.72 Å². The van der Waals surface area contributed by atoms with E-state index in [1.54, 1.807) is 0 Å². The normalized spacial score (nSPS) is 21.6. The van der Waals surface area contributed by atoms with Crippen molar-refractivity contribution in [3.63, 3.8) is 0 Å². The topological polar surface area (TPSA) is 117 Å². The van der Waals surface area contributed by atoms with Crippen LogP contribution in [-0.4, -0.2) is 37.0 Å². The summed E-state index contributed by atoms with van der Waals surface area (Å²) in [6.07, 6.45) is 3.03. The molecule has 12 heteroatoms. The van der Waals surface area contributed by atoms with Crippen LogP contribution in [0.15, 0.2) is 51.6 Å². The molecule has 0 aliphatic heterocycles. The predicted molar refractivity (Wildman–Crippen MR) is 114 cm³/mol. The Hall–Kier alpha value is -2.66. The van der Waals surface area contributed by atoms with E-state index < -0.39 is 21.9 Å². The third kappa shape index (κ3) is 4.67. The summed E-state index contributed by atoms with van der Waals surface area (Å²) in [7, 11) is -2.56. The molecule has 0 fully saturated rings. The van der Waals surface area contributed by atoms with Crippen molar-refractivity contribution >= 4 is 39.3 Å². The van der Waals surface area contributed by atoms with Gasteiger partial charge in [-0.15, -0.1) is 11.6 Å². The molecule has 3 atom stereocenters. The van der Waals surface area contributed by atoms with Gasteiger partial charge < -0.3 is 9.84 Å². The maximum atomic E-state index is 15.0. The van der Waals surface area contributed by atoms with Crippen LogP contribution < -0.4 is 14.9 Å². The number of pyridine rings is 1. The van der Waals surface area contributed by atoms with E-state index in [4.69, 9.17) is 11.6 Å². The number of rotatable bonds is 6. The number of hydrogen-bond acceptors (Lipinski definition) is 6. The van der Waals surface area contributed by atoms with E-state index in [2.05, 4.69) is 24.7 Å². The fraction of sp³-hybridized carbons (Fsp3) is 0.421. The second-order valence-corrected chi connectivity index (χ2v) is 9.35. The molecule has 2 heterocycles. The minimum absolute atomic E-state index is 0.00130. The van der Waals surface area contributed by atoms with Gasteiger partial charge in [-0.2, -0.15) is 0 Å². The second kappa shape index (κ2) is 9.23. The highest BCUT2D eigenvalue weighted by molar-refractivity contribution is 7.92. The first kappa shape index (κ1) is 23.0. The number of anilines is 2. The summed E-state index contributed by atoms with van der Waals surface area (Å²) < 4.78 is 46.8. The number of allylic oxidation sites excluding steroid dienone is 2. The Bertz CT molecular complexity index is 1060. The van der Waals surface area contributed by atoms with Crippen molar-refractivity contribution in [3.8, 4) is 0 Å². The van der Waals surface area contributed by atoms with Crippen molar-refractivity contribution in [1.29, 1.82) is 0 Å². The Balaban J connectivity index is 1.97. The summed E-state index contributed by atoms with van der Waals surface area (Å²) >= 11 is 6.34. The van der Waals surface area contributed by atoms with Crippen LogP contribution in [0.5, 0.6) is 0 Å². The number of sulfonamides is 1. The zero-order valence-corrected chi connectivity index (χ0v) is 18.7. The molecule has 0 spiro atoms. The van der Waals surface area contributed by atoms with E-state index >= 15 is 0 Å². The summed E-state index contributed by atoms with van der Waals surface area (Å²) in [5, 5.41) is 5.61. The van der Waals surface area contributed by atoms with Crippen LogP contribution in [0.4, 0.5) is 20.8 Å². The maximum absolute atomic E-state index is 15.0. The van der Waals surface area contributed by atoms with Gasteiger partial charge in [0.15, 0.2) is 5.82 Å². The lowest BCUT2D eigenvalue weighted by atomic mass is 9.79. The highest BCUT2D eigenvalue weighted by atomic mass is 35.5. The number of carbonyl (C=O) groups excluding carboxylic acids is 1. The second-order valence-electron chi connectivity index (χ2n) is 7.10. The Kier molecular flexibility index (Phi) is 6.85. The highest BCUT2D eigenvalue weighted by Crippen LogP contribution is 2.42. The van der Waals surface area contributed by atoms with Crippen LogP contribution in [0.3, 0.4) is 0 Å². The largest absolute Gasteiger partial charge is 0.363 e. The van der Waals surface area contributed by atoms with E-state index in [1.807, 2.05) is 13.8 Å².